The number of esters is 1. The molecule has 4 aromatic rings. The Labute approximate surface area is 191 Å². The van der Waals surface area contributed by atoms with Crippen LogP contribution in [-0.4, -0.2) is 22.5 Å². The molecule has 1 heterocycles. The van der Waals surface area contributed by atoms with Crippen LogP contribution >= 0.6 is 0 Å². The number of para-hydroxylation sites is 1. The molecule has 6 heteroatoms. The molecule has 0 aliphatic carbocycles. The lowest BCUT2D eigenvalue weighted by Gasteiger charge is -2.19. The van der Waals surface area contributed by atoms with Crippen LogP contribution in [0.1, 0.15) is 23.0 Å². The van der Waals surface area contributed by atoms with Crippen molar-refractivity contribution >= 4 is 28.3 Å². The maximum absolute atomic E-state index is 13.3. The number of carbonyl (C=O) groups excluding carboxylic acids is 2. The predicted octanol–water partition coefficient (Wildman–Crippen LogP) is 4.70. The largest absolute Gasteiger partial charge is 0.448 e. The van der Waals surface area contributed by atoms with E-state index in [0.717, 1.165) is 11.1 Å². The van der Waals surface area contributed by atoms with Crippen molar-refractivity contribution in [2.24, 2.45) is 7.05 Å². The summed E-state index contributed by atoms with van der Waals surface area (Å²) in [5.41, 5.74) is 2.69. The van der Waals surface area contributed by atoms with Crippen LogP contribution in [0.5, 0.6) is 0 Å². The Morgan fingerprint density at radius 3 is 2.18 bits per heavy atom. The molecule has 6 nitrogen and oxygen atoms in total. The third-order valence-electron chi connectivity index (χ3n) is 5.62. The fourth-order valence-corrected chi connectivity index (χ4v) is 3.82. The van der Waals surface area contributed by atoms with Gasteiger partial charge in [-0.05, 0) is 42.5 Å². The number of hydrogen-bond donors (Lipinski definition) is 1. The Balaban J connectivity index is 1.74. The van der Waals surface area contributed by atoms with Crippen LogP contribution in [0.3, 0.4) is 0 Å². The fourth-order valence-electron chi connectivity index (χ4n) is 3.82. The molecule has 0 saturated carbocycles. The van der Waals surface area contributed by atoms with E-state index in [0.29, 0.717) is 22.0 Å². The normalized spacial score (nSPS) is 11.7. The molecule has 4 rings (SSSR count). The quantitative estimate of drug-likeness (QED) is 0.457. The molecule has 0 radical (unpaired) electrons. The Kier molecular flexibility index (Phi) is 6.09. The minimum absolute atomic E-state index is 0.0976. The number of hydrogen-bond acceptors (Lipinski definition) is 4. The van der Waals surface area contributed by atoms with Crippen LogP contribution in [0.15, 0.2) is 83.7 Å². The van der Waals surface area contributed by atoms with Gasteiger partial charge in [0.15, 0.2) is 6.10 Å². The minimum atomic E-state index is -1.07. The summed E-state index contributed by atoms with van der Waals surface area (Å²) in [4.78, 5) is 39.0. The second kappa shape index (κ2) is 9.12. The Morgan fingerprint density at radius 1 is 0.879 bits per heavy atom. The number of aryl methyl sites for hydroxylation is 1. The van der Waals surface area contributed by atoms with Crippen LogP contribution in [-0.2, 0) is 16.6 Å². The molecule has 0 spiro atoms. The number of rotatable bonds is 5. The van der Waals surface area contributed by atoms with Crippen LogP contribution in [0.25, 0.3) is 21.9 Å². The molecule has 3 aromatic carbocycles. The summed E-state index contributed by atoms with van der Waals surface area (Å²) >= 11 is 0. The van der Waals surface area contributed by atoms with Gasteiger partial charge in [0.05, 0.1) is 0 Å². The highest BCUT2D eigenvalue weighted by molar-refractivity contribution is 6.07. The van der Waals surface area contributed by atoms with E-state index in [1.54, 1.807) is 18.2 Å². The average Bonchev–Trinajstić information content (AvgIpc) is 2.83. The van der Waals surface area contributed by atoms with Gasteiger partial charge in [0.1, 0.15) is 5.69 Å². The lowest BCUT2D eigenvalue weighted by Crippen LogP contribution is -2.33. The molecule has 1 unspecified atom stereocenters. The highest BCUT2D eigenvalue weighted by Crippen LogP contribution is 2.31. The van der Waals surface area contributed by atoms with Crippen LogP contribution in [0.2, 0.25) is 0 Å². The maximum atomic E-state index is 13.3. The summed E-state index contributed by atoms with van der Waals surface area (Å²) in [6, 6.07) is 23.9. The molecule has 0 bridgehead atoms. The van der Waals surface area contributed by atoms with E-state index in [2.05, 4.69) is 5.32 Å². The Bertz CT molecular complexity index is 1410. The second-order valence-corrected chi connectivity index (χ2v) is 7.85. The molecule has 0 saturated heterocycles. The zero-order valence-electron chi connectivity index (χ0n) is 18.7. The van der Waals surface area contributed by atoms with E-state index in [4.69, 9.17) is 4.74 Å². The molecule has 0 aliphatic rings. The van der Waals surface area contributed by atoms with E-state index in [-0.39, 0.29) is 11.3 Å². The van der Waals surface area contributed by atoms with E-state index >= 15 is 0 Å². The molecular formula is C27H24N2O4. The predicted molar refractivity (Wildman–Crippen MR) is 129 cm³/mol. The standard InChI is InChI=1S/C27H24N2O4/c1-17-11-7-10-16-22(17)28-25(30)18(2)33-27(32)24-23(19-12-5-4-6-13-19)20-14-8-9-15-21(20)26(31)29(24)3/h4-16,18H,1-3H3,(H,28,30). The zero-order chi connectivity index (χ0) is 23.5. The number of carbonyl (C=O) groups is 2. The average molecular weight is 440 g/mol. The van der Waals surface area contributed by atoms with E-state index in [1.807, 2.05) is 67.6 Å². The number of nitrogens with one attached hydrogen (secondary N) is 1. The SMILES string of the molecule is Cc1ccccc1NC(=O)C(C)OC(=O)c1c(-c2ccccc2)c2ccccc2c(=O)n1C. The minimum Gasteiger partial charge on any atom is -0.448 e. The van der Waals surface area contributed by atoms with E-state index in [9.17, 15) is 14.4 Å². The summed E-state index contributed by atoms with van der Waals surface area (Å²) < 4.78 is 6.84. The van der Waals surface area contributed by atoms with Crippen molar-refractivity contribution in [3.63, 3.8) is 0 Å². The monoisotopic (exact) mass is 440 g/mol. The van der Waals surface area contributed by atoms with Crippen molar-refractivity contribution in [1.29, 1.82) is 0 Å². The second-order valence-electron chi connectivity index (χ2n) is 7.85. The van der Waals surface area contributed by atoms with Crippen molar-refractivity contribution in [2.45, 2.75) is 20.0 Å². The number of benzene rings is 3. The summed E-state index contributed by atoms with van der Waals surface area (Å²) in [6.07, 6.45) is -1.07. The summed E-state index contributed by atoms with van der Waals surface area (Å²) in [7, 11) is 1.54. The van der Waals surface area contributed by atoms with Crippen molar-refractivity contribution < 1.29 is 14.3 Å². The number of amides is 1. The molecule has 166 valence electrons. The van der Waals surface area contributed by atoms with Crippen LogP contribution in [0, 0.1) is 6.92 Å². The number of anilines is 1. The van der Waals surface area contributed by atoms with Crippen LogP contribution in [0.4, 0.5) is 5.69 Å². The van der Waals surface area contributed by atoms with E-state index < -0.39 is 18.0 Å². The maximum Gasteiger partial charge on any atom is 0.356 e. The van der Waals surface area contributed by atoms with Gasteiger partial charge >= 0.3 is 5.97 Å². The smallest absolute Gasteiger partial charge is 0.356 e. The third-order valence-corrected chi connectivity index (χ3v) is 5.62. The number of pyridine rings is 1. The lowest BCUT2D eigenvalue weighted by atomic mass is 9.97. The first-order chi connectivity index (χ1) is 15.9. The van der Waals surface area contributed by atoms with Gasteiger partial charge in [-0.3, -0.25) is 9.59 Å². The van der Waals surface area contributed by atoms with Crippen molar-refractivity contribution in [3.05, 3.63) is 100 Å². The molecule has 33 heavy (non-hydrogen) atoms. The van der Waals surface area contributed by atoms with Gasteiger partial charge in [0.2, 0.25) is 0 Å². The Hall–Kier alpha value is -4.19. The van der Waals surface area contributed by atoms with Gasteiger partial charge in [0, 0.05) is 23.7 Å². The summed E-state index contributed by atoms with van der Waals surface area (Å²) in [5.74, 6) is -1.20. The van der Waals surface area contributed by atoms with Crippen molar-refractivity contribution in [1.82, 2.24) is 4.57 Å². The topological polar surface area (TPSA) is 77.4 Å². The first-order valence-electron chi connectivity index (χ1n) is 10.6. The van der Waals surface area contributed by atoms with Crippen molar-refractivity contribution in [3.8, 4) is 11.1 Å². The van der Waals surface area contributed by atoms with Gasteiger partial charge in [-0.2, -0.15) is 0 Å². The number of nitrogens with zero attached hydrogens (tertiary/aromatic N) is 1. The first kappa shape index (κ1) is 22.0. The van der Waals surface area contributed by atoms with Crippen LogP contribution < -0.4 is 10.9 Å². The number of ether oxygens (including phenoxy) is 1. The van der Waals surface area contributed by atoms with Gasteiger partial charge in [0.25, 0.3) is 11.5 Å². The lowest BCUT2D eigenvalue weighted by molar-refractivity contribution is -0.123. The summed E-state index contributed by atoms with van der Waals surface area (Å²) in [6.45, 7) is 3.39. The third kappa shape index (κ3) is 4.28. The highest BCUT2D eigenvalue weighted by Gasteiger charge is 2.26. The molecule has 1 N–H and O–H groups in total. The number of aromatic nitrogens is 1. The van der Waals surface area contributed by atoms with Gasteiger partial charge in [-0.1, -0.05) is 66.7 Å². The zero-order valence-corrected chi connectivity index (χ0v) is 18.7. The molecule has 0 fully saturated rings. The van der Waals surface area contributed by atoms with E-state index in [1.165, 1.54) is 18.5 Å². The van der Waals surface area contributed by atoms with Gasteiger partial charge in [-0.25, -0.2) is 4.79 Å². The molecule has 1 aromatic heterocycles. The highest BCUT2D eigenvalue weighted by atomic mass is 16.5. The van der Waals surface area contributed by atoms with Gasteiger partial charge in [-0.15, -0.1) is 0 Å². The summed E-state index contributed by atoms with van der Waals surface area (Å²) in [5, 5.41) is 3.93. The molecule has 0 aliphatic heterocycles. The number of fused-ring (bicyclic) bond motifs is 1. The molecular weight excluding hydrogens is 416 g/mol. The molecule has 1 amide bonds. The first-order valence-corrected chi connectivity index (χ1v) is 10.6. The molecule has 1 atom stereocenters. The van der Waals surface area contributed by atoms with Gasteiger partial charge < -0.3 is 14.6 Å². The fraction of sp³-hybridized carbons (Fsp3) is 0.148. The Morgan fingerprint density at radius 2 is 1.48 bits per heavy atom. The van der Waals surface area contributed by atoms with Crippen molar-refractivity contribution in [2.75, 3.05) is 5.32 Å².